The van der Waals surface area contributed by atoms with Gasteiger partial charge in [0.25, 0.3) is 5.91 Å². The van der Waals surface area contributed by atoms with Crippen molar-refractivity contribution < 1.29 is 9.18 Å². The lowest BCUT2D eigenvalue weighted by Gasteiger charge is -2.33. The van der Waals surface area contributed by atoms with Crippen LogP contribution in [0.5, 0.6) is 0 Å². The summed E-state index contributed by atoms with van der Waals surface area (Å²) in [6.07, 6.45) is 0. The highest BCUT2D eigenvalue weighted by atomic mass is 32.1. The van der Waals surface area contributed by atoms with Crippen LogP contribution in [-0.2, 0) is 19.6 Å². The van der Waals surface area contributed by atoms with Crippen molar-refractivity contribution in [1.29, 1.82) is 0 Å². The first-order chi connectivity index (χ1) is 16.0. The molecule has 2 aromatic carbocycles. The molecule has 174 valence electrons. The molecule has 0 bridgehead atoms. The highest BCUT2D eigenvalue weighted by molar-refractivity contribution is 7.09. The predicted molar refractivity (Wildman–Crippen MR) is 131 cm³/mol. The minimum atomic E-state index is -0.230. The number of carbonyl (C=O) groups excluding carboxylic acids is 1. The maximum Gasteiger partial charge on any atom is 0.273 e. The number of hydrogen-bond donors (Lipinski definition) is 0. The summed E-state index contributed by atoms with van der Waals surface area (Å²) < 4.78 is 13.4. The lowest BCUT2D eigenvalue weighted by Crippen LogP contribution is -2.48. The second-order valence-electron chi connectivity index (χ2n) is 8.61. The lowest BCUT2D eigenvalue weighted by atomic mass is 10.1. The van der Waals surface area contributed by atoms with Gasteiger partial charge >= 0.3 is 0 Å². The van der Waals surface area contributed by atoms with Crippen LogP contribution in [0.4, 0.5) is 4.39 Å². The summed E-state index contributed by atoms with van der Waals surface area (Å²) in [5.41, 5.74) is 4.03. The number of rotatable bonds is 8. The average molecular weight is 467 g/mol. The molecule has 0 N–H and O–H groups in total. The normalized spacial score (nSPS) is 14.7. The number of hydrogen-bond acceptors (Lipinski definition) is 5. The standard InChI is InChI=1S/C26H31FN4OS/c1-3-29-12-14-31(15-13-29)26(32)24-19-33-25(28-24)18-30(16-21-6-4-20(2)5-7-21)17-22-8-10-23(27)11-9-22/h4-11,19H,3,12-18H2,1-2H3. The average Bonchev–Trinajstić information content (AvgIpc) is 3.30. The van der Waals surface area contributed by atoms with E-state index >= 15 is 0 Å². The van der Waals surface area contributed by atoms with Gasteiger partial charge in [0.1, 0.15) is 16.5 Å². The number of piperazine rings is 1. The van der Waals surface area contributed by atoms with Crippen LogP contribution in [0.3, 0.4) is 0 Å². The Labute approximate surface area is 199 Å². The number of carbonyl (C=O) groups is 1. The van der Waals surface area contributed by atoms with Crippen LogP contribution in [0.1, 0.15) is 39.1 Å². The predicted octanol–water partition coefficient (Wildman–Crippen LogP) is 4.57. The topological polar surface area (TPSA) is 39.7 Å². The van der Waals surface area contributed by atoms with Gasteiger partial charge in [-0.25, -0.2) is 9.37 Å². The monoisotopic (exact) mass is 466 g/mol. The van der Waals surface area contributed by atoms with Gasteiger partial charge in [0.15, 0.2) is 0 Å². The highest BCUT2D eigenvalue weighted by Gasteiger charge is 2.23. The zero-order chi connectivity index (χ0) is 23.2. The van der Waals surface area contributed by atoms with Crippen LogP contribution in [0.25, 0.3) is 0 Å². The maximum atomic E-state index is 13.4. The van der Waals surface area contributed by atoms with Crippen LogP contribution in [-0.4, -0.2) is 58.3 Å². The Balaban J connectivity index is 1.45. The van der Waals surface area contributed by atoms with Crippen molar-refractivity contribution >= 4 is 17.2 Å². The third kappa shape index (κ3) is 6.47. The van der Waals surface area contributed by atoms with Gasteiger partial charge in [0, 0.05) is 44.6 Å². The molecule has 0 unspecified atom stereocenters. The third-order valence-electron chi connectivity index (χ3n) is 6.08. The fourth-order valence-corrected chi connectivity index (χ4v) is 4.88. The van der Waals surface area contributed by atoms with Gasteiger partial charge in [-0.3, -0.25) is 9.69 Å². The zero-order valence-electron chi connectivity index (χ0n) is 19.3. The van der Waals surface area contributed by atoms with Gasteiger partial charge in [-0.2, -0.15) is 0 Å². The number of likely N-dealkylation sites (N-methyl/N-ethyl adjacent to an activating group) is 1. The Morgan fingerprint density at radius 1 is 0.970 bits per heavy atom. The molecule has 3 aromatic rings. The molecule has 5 nitrogen and oxygen atoms in total. The van der Waals surface area contributed by atoms with Crippen LogP contribution >= 0.6 is 11.3 Å². The largest absolute Gasteiger partial charge is 0.335 e. The number of aryl methyl sites for hydroxylation is 1. The van der Waals surface area contributed by atoms with Gasteiger partial charge in [-0.15, -0.1) is 11.3 Å². The summed E-state index contributed by atoms with van der Waals surface area (Å²) in [5, 5.41) is 2.80. The highest BCUT2D eigenvalue weighted by Crippen LogP contribution is 2.19. The van der Waals surface area contributed by atoms with E-state index in [1.807, 2.05) is 22.4 Å². The molecule has 1 aliphatic heterocycles. The van der Waals surface area contributed by atoms with E-state index < -0.39 is 0 Å². The van der Waals surface area contributed by atoms with E-state index in [1.165, 1.54) is 34.6 Å². The van der Waals surface area contributed by atoms with Crippen molar-refractivity contribution in [2.45, 2.75) is 33.5 Å². The summed E-state index contributed by atoms with van der Waals surface area (Å²) in [6.45, 7) is 10.7. The number of nitrogens with zero attached hydrogens (tertiary/aromatic N) is 4. The van der Waals surface area contributed by atoms with Gasteiger partial charge in [0.2, 0.25) is 0 Å². The Hall–Kier alpha value is -2.61. The lowest BCUT2D eigenvalue weighted by molar-refractivity contribution is 0.0638. The van der Waals surface area contributed by atoms with Crippen LogP contribution in [0.15, 0.2) is 53.9 Å². The Bertz CT molecular complexity index is 995. The van der Waals surface area contributed by atoms with Crippen molar-refractivity contribution in [2.24, 2.45) is 0 Å². The van der Waals surface area contributed by atoms with E-state index in [2.05, 4.69) is 52.9 Å². The second-order valence-corrected chi connectivity index (χ2v) is 9.55. The van der Waals surface area contributed by atoms with Crippen LogP contribution in [0.2, 0.25) is 0 Å². The first-order valence-electron chi connectivity index (χ1n) is 11.5. The number of benzene rings is 2. The van der Waals surface area contributed by atoms with Gasteiger partial charge < -0.3 is 9.80 Å². The van der Waals surface area contributed by atoms with Crippen LogP contribution < -0.4 is 0 Å². The van der Waals surface area contributed by atoms with E-state index in [0.29, 0.717) is 18.8 Å². The zero-order valence-corrected chi connectivity index (χ0v) is 20.2. The minimum absolute atomic E-state index is 0.0249. The number of aromatic nitrogens is 1. The fraction of sp³-hybridized carbons (Fsp3) is 0.385. The van der Waals surface area contributed by atoms with Gasteiger partial charge in [0.05, 0.1) is 6.54 Å². The molecule has 0 spiro atoms. The Morgan fingerprint density at radius 3 is 2.18 bits per heavy atom. The molecule has 1 saturated heterocycles. The summed E-state index contributed by atoms with van der Waals surface area (Å²) in [7, 11) is 0. The molecule has 1 amide bonds. The summed E-state index contributed by atoms with van der Waals surface area (Å²) >= 11 is 1.53. The Morgan fingerprint density at radius 2 is 1.58 bits per heavy atom. The summed E-state index contributed by atoms with van der Waals surface area (Å²) in [6, 6.07) is 15.2. The smallest absolute Gasteiger partial charge is 0.273 e. The molecule has 0 atom stereocenters. The molecule has 1 aliphatic rings. The first kappa shape index (κ1) is 23.5. The van der Waals surface area contributed by atoms with E-state index in [0.717, 1.165) is 49.8 Å². The molecule has 0 aliphatic carbocycles. The number of thiazole rings is 1. The van der Waals surface area contributed by atoms with E-state index in [1.54, 1.807) is 0 Å². The van der Waals surface area contributed by atoms with Crippen molar-refractivity contribution in [3.05, 3.63) is 87.1 Å². The molecule has 7 heteroatoms. The van der Waals surface area contributed by atoms with E-state index in [4.69, 9.17) is 0 Å². The molecule has 4 rings (SSSR count). The molecule has 1 aromatic heterocycles. The fourth-order valence-electron chi connectivity index (χ4n) is 4.07. The molecule has 0 radical (unpaired) electrons. The first-order valence-corrected chi connectivity index (χ1v) is 12.4. The molecular formula is C26H31FN4OS. The summed E-state index contributed by atoms with van der Waals surface area (Å²) in [5.74, 6) is -0.205. The molecule has 33 heavy (non-hydrogen) atoms. The Kier molecular flexibility index (Phi) is 7.85. The van der Waals surface area contributed by atoms with Gasteiger partial charge in [-0.05, 0) is 36.7 Å². The van der Waals surface area contributed by atoms with Crippen LogP contribution in [0, 0.1) is 12.7 Å². The van der Waals surface area contributed by atoms with E-state index in [9.17, 15) is 9.18 Å². The summed E-state index contributed by atoms with van der Waals surface area (Å²) in [4.78, 5) is 24.2. The van der Waals surface area contributed by atoms with Crippen molar-refractivity contribution in [3.8, 4) is 0 Å². The maximum absolute atomic E-state index is 13.4. The molecule has 2 heterocycles. The van der Waals surface area contributed by atoms with Gasteiger partial charge in [-0.1, -0.05) is 48.9 Å². The quantitative estimate of drug-likeness (QED) is 0.488. The molecular weight excluding hydrogens is 435 g/mol. The third-order valence-corrected chi connectivity index (χ3v) is 6.92. The number of amides is 1. The second kappa shape index (κ2) is 11.0. The number of halogens is 1. The van der Waals surface area contributed by atoms with Crippen molar-refractivity contribution in [1.82, 2.24) is 19.7 Å². The minimum Gasteiger partial charge on any atom is -0.335 e. The molecule has 0 saturated carbocycles. The van der Waals surface area contributed by atoms with Crippen molar-refractivity contribution in [3.63, 3.8) is 0 Å². The van der Waals surface area contributed by atoms with E-state index in [-0.39, 0.29) is 11.7 Å². The van der Waals surface area contributed by atoms with Crippen molar-refractivity contribution in [2.75, 3.05) is 32.7 Å². The molecule has 1 fully saturated rings. The SMILES string of the molecule is CCN1CCN(C(=O)c2csc(CN(Cc3ccc(C)cc3)Cc3ccc(F)cc3)n2)CC1.